The lowest BCUT2D eigenvalue weighted by molar-refractivity contribution is 0.194. The third-order valence-corrected chi connectivity index (χ3v) is 2.91. The zero-order chi connectivity index (χ0) is 16.2. The van der Waals surface area contributed by atoms with E-state index in [0.717, 1.165) is 0 Å². The Kier molecular flexibility index (Phi) is 8.76. The van der Waals surface area contributed by atoms with Crippen LogP contribution in [0.5, 0.6) is 0 Å². The highest BCUT2D eigenvalue weighted by molar-refractivity contribution is 6.31. The first-order chi connectivity index (χ1) is 10.7. The van der Waals surface area contributed by atoms with Gasteiger partial charge in [0.1, 0.15) is 12.4 Å². The Hall–Kier alpha value is -2.01. The molecule has 0 aliphatic carbocycles. The first kappa shape index (κ1) is 18.0. The summed E-state index contributed by atoms with van der Waals surface area (Å²) < 4.78 is 4.90. The lowest BCUT2D eigenvalue weighted by atomic mass is 10.0. The number of hydrogen-bond acceptors (Lipinski definition) is 4. The predicted molar refractivity (Wildman–Crippen MR) is 88.8 cm³/mol. The van der Waals surface area contributed by atoms with E-state index in [1.165, 1.54) is 6.33 Å². The summed E-state index contributed by atoms with van der Waals surface area (Å²) in [4.78, 5) is 7.69. The summed E-state index contributed by atoms with van der Waals surface area (Å²) in [5.74, 6) is 0. The Morgan fingerprint density at radius 1 is 1.14 bits per heavy atom. The van der Waals surface area contributed by atoms with Crippen molar-refractivity contribution in [1.82, 2.24) is 9.97 Å². The van der Waals surface area contributed by atoms with Crippen LogP contribution < -0.4 is 0 Å². The Morgan fingerprint density at radius 2 is 1.73 bits per heavy atom. The van der Waals surface area contributed by atoms with Gasteiger partial charge in [-0.3, -0.25) is 0 Å². The first-order valence-corrected chi connectivity index (χ1v) is 7.05. The number of rotatable bonds is 6. The summed E-state index contributed by atoms with van der Waals surface area (Å²) >= 11 is 5.97. The van der Waals surface area contributed by atoms with Crippen molar-refractivity contribution in [3.8, 4) is 0 Å². The summed E-state index contributed by atoms with van der Waals surface area (Å²) in [5, 5.41) is 10.5. The van der Waals surface area contributed by atoms with Gasteiger partial charge in [-0.05, 0) is 6.07 Å². The Bertz CT molecular complexity index is 568. The highest BCUT2D eigenvalue weighted by atomic mass is 35.5. The molecular formula is C17H19ClN2O2. The van der Waals surface area contributed by atoms with Crippen LogP contribution in [0.2, 0.25) is 5.02 Å². The van der Waals surface area contributed by atoms with E-state index in [2.05, 4.69) is 23.1 Å². The fourth-order valence-corrected chi connectivity index (χ4v) is 1.80. The third-order valence-electron chi connectivity index (χ3n) is 2.57. The van der Waals surface area contributed by atoms with Gasteiger partial charge in [-0.25, -0.2) is 9.97 Å². The molecule has 0 saturated carbocycles. The molecule has 2 rings (SSSR count). The molecule has 0 spiro atoms. The van der Waals surface area contributed by atoms with Crippen LogP contribution in [0.3, 0.4) is 0 Å². The molecule has 1 aromatic heterocycles. The Morgan fingerprint density at radius 3 is 2.27 bits per heavy atom. The summed E-state index contributed by atoms with van der Waals surface area (Å²) in [6, 6.07) is 7.16. The number of nitrogens with zero attached hydrogens (tertiary/aromatic N) is 2. The van der Waals surface area contributed by atoms with Crippen molar-refractivity contribution in [2.45, 2.75) is 6.10 Å². The third kappa shape index (κ3) is 6.18. The number of aromatic nitrogens is 2. The number of aliphatic hydroxyl groups is 1. The van der Waals surface area contributed by atoms with Gasteiger partial charge in [0.2, 0.25) is 0 Å². The maximum Gasteiger partial charge on any atom is 0.115 e. The molecule has 4 nitrogen and oxygen atoms in total. The lowest BCUT2D eigenvalue weighted by Crippen LogP contribution is -2.01. The maximum absolute atomic E-state index is 10.0. The highest BCUT2D eigenvalue weighted by Crippen LogP contribution is 2.26. The summed E-state index contributed by atoms with van der Waals surface area (Å²) in [7, 11) is 0. The van der Waals surface area contributed by atoms with Crippen molar-refractivity contribution in [3.05, 3.63) is 84.4 Å². The maximum atomic E-state index is 10.0. The molecule has 2 aromatic rings. The molecule has 0 aliphatic heterocycles. The molecule has 22 heavy (non-hydrogen) atoms. The average molecular weight is 319 g/mol. The van der Waals surface area contributed by atoms with Crippen molar-refractivity contribution in [3.63, 3.8) is 0 Å². The van der Waals surface area contributed by atoms with E-state index < -0.39 is 6.10 Å². The van der Waals surface area contributed by atoms with Gasteiger partial charge in [0.05, 0.1) is 13.2 Å². The van der Waals surface area contributed by atoms with Gasteiger partial charge in [-0.2, -0.15) is 0 Å². The molecule has 0 aliphatic rings. The first-order valence-electron chi connectivity index (χ1n) is 6.67. The van der Waals surface area contributed by atoms with Crippen LogP contribution in [0.4, 0.5) is 0 Å². The second-order valence-electron chi connectivity index (χ2n) is 4.21. The van der Waals surface area contributed by atoms with Gasteiger partial charge in [0.15, 0.2) is 0 Å². The van der Waals surface area contributed by atoms with Crippen molar-refractivity contribution < 1.29 is 9.84 Å². The number of benzene rings is 1. The van der Waals surface area contributed by atoms with Gasteiger partial charge in [0, 0.05) is 28.5 Å². The van der Waals surface area contributed by atoms with Crippen LogP contribution in [0.1, 0.15) is 17.2 Å². The zero-order valence-electron chi connectivity index (χ0n) is 12.2. The van der Waals surface area contributed by atoms with E-state index in [0.29, 0.717) is 29.4 Å². The highest BCUT2D eigenvalue weighted by Gasteiger charge is 2.13. The molecular weight excluding hydrogens is 300 g/mol. The van der Waals surface area contributed by atoms with Crippen LogP contribution in [-0.4, -0.2) is 28.3 Å². The van der Waals surface area contributed by atoms with E-state index >= 15 is 0 Å². The lowest BCUT2D eigenvalue weighted by Gasteiger charge is -2.11. The standard InChI is InChI=1S/C11H9ClN2O.C6H10O/c12-10-4-2-1-3-9(10)11(15)8-5-13-7-14-6-8;1-3-5-7-6-4-2/h1-7,11,15H;3-4H,1-2,5-6H2. The molecule has 1 unspecified atom stereocenters. The van der Waals surface area contributed by atoms with Crippen molar-refractivity contribution in [1.29, 1.82) is 0 Å². The van der Waals surface area contributed by atoms with Crippen LogP contribution in [0, 0.1) is 0 Å². The van der Waals surface area contributed by atoms with Crippen molar-refractivity contribution in [2.24, 2.45) is 0 Å². The second kappa shape index (κ2) is 10.7. The molecule has 5 heteroatoms. The fraction of sp³-hybridized carbons (Fsp3) is 0.176. The van der Waals surface area contributed by atoms with Crippen LogP contribution in [0.25, 0.3) is 0 Å². The molecule has 116 valence electrons. The van der Waals surface area contributed by atoms with Crippen molar-refractivity contribution >= 4 is 11.6 Å². The average Bonchev–Trinajstić information content (AvgIpc) is 2.57. The van der Waals surface area contributed by atoms with Crippen molar-refractivity contribution in [2.75, 3.05) is 13.2 Å². The second-order valence-corrected chi connectivity index (χ2v) is 4.62. The summed E-state index contributed by atoms with van der Waals surface area (Å²) in [5.41, 5.74) is 1.29. The van der Waals surface area contributed by atoms with Gasteiger partial charge in [-0.1, -0.05) is 42.0 Å². The minimum Gasteiger partial charge on any atom is -0.383 e. The minimum absolute atomic E-state index is 0.536. The monoisotopic (exact) mass is 318 g/mol. The predicted octanol–water partition coefficient (Wildman–Crippen LogP) is 3.59. The molecule has 0 bridgehead atoms. The van der Waals surface area contributed by atoms with Gasteiger partial charge in [0.25, 0.3) is 0 Å². The normalized spacial score (nSPS) is 11.0. The van der Waals surface area contributed by atoms with Gasteiger partial charge < -0.3 is 9.84 Å². The Labute approximate surface area is 135 Å². The fourth-order valence-electron chi connectivity index (χ4n) is 1.56. The van der Waals surface area contributed by atoms with Crippen LogP contribution >= 0.6 is 11.6 Å². The molecule has 1 heterocycles. The molecule has 0 fully saturated rings. The largest absolute Gasteiger partial charge is 0.383 e. The number of aliphatic hydroxyl groups excluding tert-OH is 1. The Balaban J connectivity index is 0.000000295. The van der Waals surface area contributed by atoms with E-state index in [1.807, 2.05) is 12.1 Å². The molecule has 0 radical (unpaired) electrons. The van der Waals surface area contributed by atoms with E-state index in [1.54, 1.807) is 36.7 Å². The summed E-state index contributed by atoms with van der Waals surface area (Å²) in [6.45, 7) is 8.18. The quantitative estimate of drug-likeness (QED) is 0.653. The van der Waals surface area contributed by atoms with Gasteiger partial charge >= 0.3 is 0 Å². The topological polar surface area (TPSA) is 55.2 Å². The van der Waals surface area contributed by atoms with Crippen LogP contribution in [0.15, 0.2) is 68.3 Å². The zero-order valence-corrected chi connectivity index (χ0v) is 13.0. The molecule has 0 saturated heterocycles. The number of ether oxygens (including phenoxy) is 1. The number of halogens is 1. The minimum atomic E-state index is -0.778. The summed E-state index contributed by atoms with van der Waals surface area (Å²) in [6.07, 6.45) is 7.21. The van der Waals surface area contributed by atoms with E-state index in [-0.39, 0.29) is 0 Å². The SMILES string of the molecule is C=CCOCC=C.OC(c1cncnc1)c1ccccc1Cl. The molecule has 1 aromatic carbocycles. The molecule has 1 N–H and O–H groups in total. The van der Waals surface area contributed by atoms with E-state index in [4.69, 9.17) is 16.3 Å². The van der Waals surface area contributed by atoms with Crippen LogP contribution in [-0.2, 0) is 4.74 Å². The number of hydrogen-bond donors (Lipinski definition) is 1. The van der Waals surface area contributed by atoms with Gasteiger partial charge in [-0.15, -0.1) is 13.2 Å². The smallest absolute Gasteiger partial charge is 0.115 e. The molecule has 1 atom stereocenters. The van der Waals surface area contributed by atoms with E-state index in [9.17, 15) is 5.11 Å². The molecule has 0 amide bonds.